The Kier molecular flexibility index (Phi) is 3.40. The van der Waals surface area contributed by atoms with Gasteiger partial charge in [0.1, 0.15) is 6.33 Å². The third kappa shape index (κ3) is 2.51. The van der Waals surface area contributed by atoms with Crippen LogP contribution in [0.25, 0.3) is 5.69 Å². The first-order valence-corrected chi connectivity index (χ1v) is 6.94. The van der Waals surface area contributed by atoms with Gasteiger partial charge >= 0.3 is 0 Å². The van der Waals surface area contributed by atoms with Gasteiger partial charge in [0, 0.05) is 24.3 Å². The van der Waals surface area contributed by atoms with Crippen LogP contribution in [0.4, 0.5) is 5.69 Å². The summed E-state index contributed by atoms with van der Waals surface area (Å²) in [5.41, 5.74) is 3.28. The van der Waals surface area contributed by atoms with E-state index in [1.165, 1.54) is 6.42 Å². The van der Waals surface area contributed by atoms with Crippen molar-refractivity contribution in [3.05, 3.63) is 30.1 Å². The molecular weight excluding hydrogens is 252 g/mol. The fourth-order valence-electron chi connectivity index (χ4n) is 2.75. The number of aromatic nitrogens is 4. The molecular formula is C14H20N6. The van der Waals surface area contributed by atoms with Crippen LogP contribution >= 0.6 is 0 Å². The Bertz CT molecular complexity index is 569. The predicted molar refractivity (Wildman–Crippen MR) is 78.0 cm³/mol. The second-order valence-electron chi connectivity index (χ2n) is 5.62. The van der Waals surface area contributed by atoms with Gasteiger partial charge in [-0.1, -0.05) is 6.07 Å². The van der Waals surface area contributed by atoms with E-state index in [1.54, 1.807) is 11.0 Å². The summed E-state index contributed by atoms with van der Waals surface area (Å²) in [6.07, 6.45) is 2.79. The van der Waals surface area contributed by atoms with Gasteiger partial charge < -0.3 is 10.2 Å². The Morgan fingerprint density at radius 3 is 2.85 bits per heavy atom. The van der Waals surface area contributed by atoms with Crippen LogP contribution in [-0.4, -0.2) is 50.8 Å². The van der Waals surface area contributed by atoms with Crippen molar-refractivity contribution in [1.82, 2.24) is 25.1 Å². The Labute approximate surface area is 118 Å². The number of hydrogen-bond donors (Lipinski definition) is 1. The zero-order chi connectivity index (χ0) is 14.1. The van der Waals surface area contributed by atoms with Crippen molar-refractivity contribution in [2.24, 2.45) is 0 Å². The molecule has 1 fully saturated rings. The second kappa shape index (κ2) is 5.20. The fourth-order valence-corrected chi connectivity index (χ4v) is 2.75. The normalized spacial score (nSPS) is 23.1. The van der Waals surface area contributed by atoms with Crippen LogP contribution in [0.15, 0.2) is 24.5 Å². The minimum Gasteiger partial charge on any atom is -0.381 e. The van der Waals surface area contributed by atoms with Gasteiger partial charge in [-0.2, -0.15) is 0 Å². The average Bonchev–Trinajstić information content (AvgIpc) is 3.03. The molecule has 1 aromatic heterocycles. The van der Waals surface area contributed by atoms with E-state index in [9.17, 15) is 0 Å². The summed E-state index contributed by atoms with van der Waals surface area (Å²) in [4.78, 5) is 2.38. The van der Waals surface area contributed by atoms with Crippen molar-refractivity contribution in [2.45, 2.75) is 32.4 Å². The van der Waals surface area contributed by atoms with Crippen molar-refractivity contribution in [3.63, 3.8) is 0 Å². The maximum absolute atomic E-state index is 3.96. The van der Waals surface area contributed by atoms with Gasteiger partial charge in [-0.05, 0) is 55.4 Å². The van der Waals surface area contributed by atoms with Crippen LogP contribution in [0.2, 0.25) is 0 Å². The molecule has 0 radical (unpaired) electrons. The highest BCUT2D eigenvalue weighted by Crippen LogP contribution is 2.22. The zero-order valence-corrected chi connectivity index (χ0v) is 12.1. The molecule has 20 heavy (non-hydrogen) atoms. The van der Waals surface area contributed by atoms with Gasteiger partial charge in [-0.3, -0.25) is 0 Å². The number of hydrogen-bond acceptors (Lipinski definition) is 5. The first-order chi connectivity index (χ1) is 9.63. The molecule has 2 atom stereocenters. The van der Waals surface area contributed by atoms with Crippen LogP contribution in [0.1, 0.15) is 18.9 Å². The topological polar surface area (TPSA) is 58.9 Å². The highest BCUT2D eigenvalue weighted by molar-refractivity contribution is 5.55. The van der Waals surface area contributed by atoms with Gasteiger partial charge in [0.05, 0.1) is 5.69 Å². The molecule has 2 heterocycles. The molecule has 6 heteroatoms. The highest BCUT2D eigenvalue weighted by atomic mass is 15.5. The minimum atomic E-state index is 0.499. The zero-order valence-electron chi connectivity index (χ0n) is 12.1. The number of likely N-dealkylation sites (tertiary alicyclic amines) is 1. The van der Waals surface area contributed by atoms with Crippen LogP contribution in [-0.2, 0) is 0 Å². The van der Waals surface area contributed by atoms with Crippen molar-refractivity contribution in [1.29, 1.82) is 0 Å². The Balaban J connectivity index is 1.80. The summed E-state index contributed by atoms with van der Waals surface area (Å²) >= 11 is 0. The second-order valence-corrected chi connectivity index (χ2v) is 5.62. The minimum absolute atomic E-state index is 0.499. The van der Waals surface area contributed by atoms with E-state index in [4.69, 9.17) is 0 Å². The number of tetrazole rings is 1. The van der Waals surface area contributed by atoms with Crippen LogP contribution in [0.5, 0.6) is 0 Å². The van der Waals surface area contributed by atoms with Gasteiger partial charge in [-0.15, -0.1) is 5.10 Å². The lowest BCUT2D eigenvalue weighted by atomic mass is 10.1. The molecule has 6 nitrogen and oxygen atoms in total. The van der Waals surface area contributed by atoms with E-state index >= 15 is 0 Å². The first kappa shape index (κ1) is 13.1. The molecule has 0 spiro atoms. The Morgan fingerprint density at radius 1 is 1.35 bits per heavy atom. The lowest BCUT2D eigenvalue weighted by Gasteiger charge is -2.16. The Morgan fingerprint density at radius 2 is 2.20 bits per heavy atom. The van der Waals surface area contributed by atoms with E-state index in [2.05, 4.69) is 64.8 Å². The molecule has 0 aliphatic carbocycles. The molecule has 2 unspecified atom stereocenters. The highest BCUT2D eigenvalue weighted by Gasteiger charge is 2.25. The number of rotatable bonds is 3. The SMILES string of the molecule is Cc1ccc(NC2CC(C)N(C)C2)cc1-n1cnnn1. The summed E-state index contributed by atoms with van der Waals surface area (Å²) in [5.74, 6) is 0. The molecule has 1 saturated heterocycles. The number of nitrogens with zero attached hydrogens (tertiary/aromatic N) is 5. The monoisotopic (exact) mass is 272 g/mol. The molecule has 3 rings (SSSR count). The van der Waals surface area contributed by atoms with Gasteiger partial charge in [0.25, 0.3) is 0 Å². The van der Waals surface area contributed by atoms with Crippen LogP contribution in [0.3, 0.4) is 0 Å². The summed E-state index contributed by atoms with van der Waals surface area (Å²) in [6, 6.07) is 7.46. The van der Waals surface area contributed by atoms with E-state index in [-0.39, 0.29) is 0 Å². The third-order valence-corrected chi connectivity index (χ3v) is 4.06. The molecule has 1 N–H and O–H groups in total. The molecule has 0 bridgehead atoms. The molecule has 1 aromatic carbocycles. The number of likely N-dealkylation sites (N-methyl/N-ethyl adjacent to an activating group) is 1. The molecule has 1 aliphatic heterocycles. The fraction of sp³-hybridized carbons (Fsp3) is 0.500. The average molecular weight is 272 g/mol. The maximum atomic E-state index is 3.96. The standard InChI is InChI=1S/C14H20N6/c1-10-4-5-12(7-14(10)20-9-15-17-18-20)16-13-6-11(2)19(3)8-13/h4-5,7,9,11,13,16H,6,8H2,1-3H3. The summed E-state index contributed by atoms with van der Waals surface area (Å²) in [5, 5.41) is 15.0. The third-order valence-electron chi connectivity index (χ3n) is 4.06. The lowest BCUT2D eigenvalue weighted by molar-refractivity contribution is 0.330. The maximum Gasteiger partial charge on any atom is 0.143 e. The van der Waals surface area contributed by atoms with E-state index in [0.717, 1.165) is 23.5 Å². The van der Waals surface area contributed by atoms with E-state index in [1.807, 2.05) is 0 Å². The van der Waals surface area contributed by atoms with Gasteiger partial charge in [0.15, 0.2) is 0 Å². The summed E-state index contributed by atoms with van der Waals surface area (Å²) in [7, 11) is 2.17. The molecule has 0 saturated carbocycles. The number of aryl methyl sites for hydroxylation is 1. The molecule has 106 valence electrons. The van der Waals surface area contributed by atoms with Crippen molar-refractivity contribution >= 4 is 5.69 Å². The van der Waals surface area contributed by atoms with Crippen LogP contribution in [0, 0.1) is 6.92 Å². The van der Waals surface area contributed by atoms with E-state index in [0.29, 0.717) is 12.1 Å². The largest absolute Gasteiger partial charge is 0.381 e. The van der Waals surface area contributed by atoms with Crippen molar-refractivity contribution < 1.29 is 0 Å². The Hall–Kier alpha value is -1.95. The lowest BCUT2D eigenvalue weighted by Crippen LogP contribution is -2.24. The molecule has 2 aromatic rings. The predicted octanol–water partition coefficient (Wildman–Crippen LogP) is 1.48. The number of nitrogens with one attached hydrogen (secondary N) is 1. The number of benzene rings is 1. The van der Waals surface area contributed by atoms with Crippen molar-refractivity contribution in [2.75, 3.05) is 18.9 Å². The van der Waals surface area contributed by atoms with E-state index < -0.39 is 0 Å². The molecule has 1 aliphatic rings. The molecule has 0 amide bonds. The summed E-state index contributed by atoms with van der Waals surface area (Å²) < 4.78 is 1.70. The van der Waals surface area contributed by atoms with Crippen molar-refractivity contribution in [3.8, 4) is 5.69 Å². The number of anilines is 1. The first-order valence-electron chi connectivity index (χ1n) is 6.94. The smallest absolute Gasteiger partial charge is 0.143 e. The van der Waals surface area contributed by atoms with Crippen LogP contribution < -0.4 is 5.32 Å². The summed E-state index contributed by atoms with van der Waals surface area (Å²) in [6.45, 7) is 5.41. The van der Waals surface area contributed by atoms with Gasteiger partial charge in [-0.25, -0.2) is 4.68 Å². The quantitative estimate of drug-likeness (QED) is 0.917. The van der Waals surface area contributed by atoms with Gasteiger partial charge in [0.2, 0.25) is 0 Å².